The number of aromatic nitrogens is 2. The van der Waals surface area contributed by atoms with Crippen LogP contribution in [0.2, 0.25) is 0 Å². The predicted molar refractivity (Wildman–Crippen MR) is 56.1 cm³/mol. The maximum Gasteiger partial charge on any atom is 0.123 e. The summed E-state index contributed by atoms with van der Waals surface area (Å²) in [5.41, 5.74) is 7.50. The third-order valence-electron chi connectivity index (χ3n) is 2.22. The van der Waals surface area contributed by atoms with E-state index in [1.54, 1.807) is 23.0 Å². The Morgan fingerprint density at radius 1 is 1.31 bits per heavy atom. The fourth-order valence-corrected chi connectivity index (χ4v) is 1.31. The van der Waals surface area contributed by atoms with E-state index in [-0.39, 0.29) is 24.3 Å². The Bertz CT molecular complexity index is 451. The zero-order chi connectivity index (χ0) is 10.8. The summed E-state index contributed by atoms with van der Waals surface area (Å²) in [6.45, 7) is 1.89. The van der Waals surface area contributed by atoms with Gasteiger partial charge in [-0.25, -0.2) is 9.07 Å². The van der Waals surface area contributed by atoms with Crippen molar-refractivity contribution in [2.45, 2.75) is 13.0 Å². The van der Waals surface area contributed by atoms with E-state index in [4.69, 9.17) is 5.73 Å². The second kappa shape index (κ2) is 5.09. The first-order valence-corrected chi connectivity index (χ1v) is 4.73. The molecule has 2 aromatic rings. The summed E-state index contributed by atoms with van der Waals surface area (Å²) < 4.78 is 14.4. The summed E-state index contributed by atoms with van der Waals surface area (Å²) in [5, 5.41) is 4.15. The number of hydrogen-bond acceptors (Lipinski definition) is 2. The molecule has 3 nitrogen and oxygen atoms in total. The molecule has 1 unspecified atom stereocenters. The number of halogens is 2. The Morgan fingerprint density at radius 3 is 2.44 bits per heavy atom. The normalized spacial score (nSPS) is 11.9. The molecule has 0 saturated carbocycles. The maximum atomic E-state index is 12.7. The second-order valence-corrected chi connectivity index (χ2v) is 3.48. The number of hydrogen-bond donors (Lipinski definition) is 1. The molecule has 2 rings (SSSR count). The number of nitrogens with zero attached hydrogens (tertiary/aromatic N) is 2. The van der Waals surface area contributed by atoms with Crippen molar-refractivity contribution in [2.75, 3.05) is 0 Å². The van der Waals surface area contributed by atoms with E-state index in [1.807, 2.05) is 13.1 Å². The fourth-order valence-electron chi connectivity index (χ4n) is 1.31. The van der Waals surface area contributed by atoms with E-state index in [0.29, 0.717) is 0 Å². The average molecular weight is 241 g/mol. The van der Waals surface area contributed by atoms with Gasteiger partial charge in [-0.05, 0) is 31.2 Å². The summed E-state index contributed by atoms with van der Waals surface area (Å²) in [4.78, 5) is 0. The third-order valence-corrected chi connectivity index (χ3v) is 2.22. The van der Waals surface area contributed by atoms with E-state index < -0.39 is 0 Å². The van der Waals surface area contributed by atoms with Crippen molar-refractivity contribution < 1.29 is 16.8 Å². The SMILES string of the molecule is CC(N)c1cnn(-c2ccc(F)cc2)c1.[Cl-]. The lowest BCUT2D eigenvalue weighted by Gasteiger charge is -2.01. The molecule has 1 aromatic heterocycles. The molecule has 0 bridgehead atoms. The highest BCUT2D eigenvalue weighted by atomic mass is 35.5. The maximum absolute atomic E-state index is 12.7. The molecule has 5 heteroatoms. The molecular formula is C11H12ClFN3-. The monoisotopic (exact) mass is 240 g/mol. The van der Waals surface area contributed by atoms with Crippen LogP contribution in [-0.4, -0.2) is 9.78 Å². The van der Waals surface area contributed by atoms with Crippen LogP contribution in [-0.2, 0) is 0 Å². The molecule has 1 heterocycles. The van der Waals surface area contributed by atoms with Gasteiger partial charge in [0.05, 0.1) is 11.9 Å². The van der Waals surface area contributed by atoms with E-state index in [1.165, 1.54) is 12.1 Å². The van der Waals surface area contributed by atoms with Crippen LogP contribution in [0.25, 0.3) is 5.69 Å². The van der Waals surface area contributed by atoms with Gasteiger partial charge in [0, 0.05) is 17.8 Å². The lowest BCUT2D eigenvalue weighted by Crippen LogP contribution is -3.00. The highest BCUT2D eigenvalue weighted by molar-refractivity contribution is 5.31. The molecular weight excluding hydrogens is 229 g/mol. The molecule has 1 aromatic carbocycles. The highest BCUT2D eigenvalue weighted by Crippen LogP contribution is 2.12. The molecule has 2 N–H and O–H groups in total. The summed E-state index contributed by atoms with van der Waals surface area (Å²) in [6.07, 6.45) is 3.56. The van der Waals surface area contributed by atoms with Crippen LogP contribution in [0.3, 0.4) is 0 Å². The quantitative estimate of drug-likeness (QED) is 0.735. The van der Waals surface area contributed by atoms with E-state index in [0.717, 1.165) is 11.3 Å². The molecule has 86 valence electrons. The Kier molecular flexibility index (Phi) is 4.04. The molecule has 0 saturated heterocycles. The largest absolute Gasteiger partial charge is 1.00 e. The molecule has 0 aliphatic carbocycles. The van der Waals surface area contributed by atoms with E-state index in [2.05, 4.69) is 5.10 Å². The molecule has 0 spiro atoms. The van der Waals surface area contributed by atoms with Crippen LogP contribution in [0.4, 0.5) is 4.39 Å². The first-order chi connectivity index (χ1) is 7.16. The minimum absolute atomic E-state index is 0. The van der Waals surface area contributed by atoms with Crippen LogP contribution >= 0.6 is 0 Å². The average Bonchev–Trinajstić information content (AvgIpc) is 2.68. The minimum Gasteiger partial charge on any atom is -1.00 e. The van der Waals surface area contributed by atoms with Crippen molar-refractivity contribution in [1.82, 2.24) is 9.78 Å². The van der Waals surface area contributed by atoms with Crippen LogP contribution < -0.4 is 18.1 Å². The summed E-state index contributed by atoms with van der Waals surface area (Å²) in [7, 11) is 0. The Hall–Kier alpha value is -1.39. The van der Waals surface area contributed by atoms with Gasteiger partial charge in [0.15, 0.2) is 0 Å². The lowest BCUT2D eigenvalue weighted by atomic mass is 10.2. The first-order valence-electron chi connectivity index (χ1n) is 4.73. The van der Waals surface area contributed by atoms with Crippen molar-refractivity contribution in [1.29, 1.82) is 0 Å². The van der Waals surface area contributed by atoms with Crippen molar-refractivity contribution in [3.8, 4) is 5.69 Å². The van der Waals surface area contributed by atoms with Gasteiger partial charge < -0.3 is 18.1 Å². The van der Waals surface area contributed by atoms with Crippen molar-refractivity contribution in [3.05, 3.63) is 48.0 Å². The van der Waals surface area contributed by atoms with Gasteiger partial charge in [-0.3, -0.25) is 0 Å². The summed E-state index contributed by atoms with van der Waals surface area (Å²) in [5.74, 6) is -0.252. The third kappa shape index (κ3) is 2.59. The Balaban J connectivity index is 0.00000128. The van der Waals surface area contributed by atoms with Crippen molar-refractivity contribution >= 4 is 0 Å². The standard InChI is InChI=1S/C11H12FN3.ClH/c1-8(13)9-6-14-15(7-9)11-4-2-10(12)3-5-11;/h2-8H,13H2,1H3;1H/p-1. The van der Waals surface area contributed by atoms with Gasteiger partial charge in [0.25, 0.3) is 0 Å². The zero-order valence-electron chi connectivity index (χ0n) is 8.77. The number of rotatable bonds is 2. The molecule has 0 radical (unpaired) electrons. The lowest BCUT2D eigenvalue weighted by molar-refractivity contribution is -0.00000390. The number of nitrogens with two attached hydrogens (primary N) is 1. The van der Waals surface area contributed by atoms with Gasteiger partial charge in [-0.1, -0.05) is 0 Å². The van der Waals surface area contributed by atoms with Gasteiger partial charge in [0.1, 0.15) is 5.82 Å². The molecule has 0 aliphatic heterocycles. The smallest absolute Gasteiger partial charge is 0.123 e. The van der Waals surface area contributed by atoms with Crippen molar-refractivity contribution in [2.24, 2.45) is 5.73 Å². The van der Waals surface area contributed by atoms with Crippen LogP contribution in [0.1, 0.15) is 18.5 Å². The van der Waals surface area contributed by atoms with Crippen LogP contribution in [0.5, 0.6) is 0 Å². The summed E-state index contributed by atoms with van der Waals surface area (Å²) >= 11 is 0. The molecule has 0 fully saturated rings. The van der Waals surface area contributed by atoms with Gasteiger partial charge >= 0.3 is 0 Å². The molecule has 0 amide bonds. The zero-order valence-corrected chi connectivity index (χ0v) is 9.53. The molecule has 16 heavy (non-hydrogen) atoms. The highest BCUT2D eigenvalue weighted by Gasteiger charge is 2.04. The topological polar surface area (TPSA) is 43.8 Å². The van der Waals surface area contributed by atoms with Gasteiger partial charge in [-0.2, -0.15) is 5.10 Å². The van der Waals surface area contributed by atoms with Gasteiger partial charge in [-0.15, -0.1) is 0 Å². The van der Waals surface area contributed by atoms with Crippen LogP contribution in [0, 0.1) is 5.82 Å². The molecule has 0 aliphatic rings. The van der Waals surface area contributed by atoms with Crippen molar-refractivity contribution in [3.63, 3.8) is 0 Å². The minimum atomic E-state index is -0.252. The van der Waals surface area contributed by atoms with Gasteiger partial charge in [0.2, 0.25) is 0 Å². The molecule has 1 atom stereocenters. The second-order valence-electron chi connectivity index (χ2n) is 3.48. The van der Waals surface area contributed by atoms with E-state index in [9.17, 15) is 4.39 Å². The first kappa shape index (κ1) is 12.7. The fraction of sp³-hybridized carbons (Fsp3) is 0.182. The Morgan fingerprint density at radius 2 is 1.94 bits per heavy atom. The van der Waals surface area contributed by atoms with E-state index >= 15 is 0 Å². The Labute approximate surface area is 99.5 Å². The van der Waals surface area contributed by atoms with Crippen LogP contribution in [0.15, 0.2) is 36.7 Å². The predicted octanol–water partition coefficient (Wildman–Crippen LogP) is -0.965. The number of benzene rings is 1. The summed E-state index contributed by atoms with van der Waals surface area (Å²) in [6, 6.07) is 6.12.